The second kappa shape index (κ2) is 6.11. The number of rotatable bonds is 3. The number of sulfonamides is 1. The van der Waals surface area contributed by atoms with Crippen LogP contribution in [-0.2, 0) is 10.0 Å². The molecule has 0 saturated carbocycles. The second-order valence-electron chi connectivity index (χ2n) is 4.59. The molecule has 6 heteroatoms. The summed E-state index contributed by atoms with van der Waals surface area (Å²) >= 11 is 6.19. The predicted molar refractivity (Wildman–Crippen MR) is 79.3 cm³/mol. The molecular formula is C13H19ClN2O2S. The summed E-state index contributed by atoms with van der Waals surface area (Å²) in [6.45, 7) is 4.33. The highest BCUT2D eigenvalue weighted by atomic mass is 35.5. The highest BCUT2D eigenvalue weighted by Gasteiger charge is 2.24. The van der Waals surface area contributed by atoms with Crippen LogP contribution in [0.4, 0.5) is 5.69 Å². The van der Waals surface area contributed by atoms with Crippen LogP contribution in [0.25, 0.3) is 0 Å². The molecule has 0 atom stereocenters. The van der Waals surface area contributed by atoms with Crippen molar-refractivity contribution < 1.29 is 8.42 Å². The van der Waals surface area contributed by atoms with Gasteiger partial charge < -0.3 is 4.90 Å². The Morgan fingerprint density at radius 2 is 1.89 bits per heavy atom. The lowest BCUT2D eigenvalue weighted by molar-refractivity contribution is 0.434. The van der Waals surface area contributed by atoms with Gasteiger partial charge in [0.05, 0.1) is 16.5 Å². The van der Waals surface area contributed by atoms with Crippen molar-refractivity contribution in [3.05, 3.63) is 29.3 Å². The summed E-state index contributed by atoms with van der Waals surface area (Å²) in [5, 5.41) is 0.717. The van der Waals surface area contributed by atoms with Crippen molar-refractivity contribution in [3.63, 3.8) is 0 Å². The number of benzene rings is 1. The number of hydrogen-bond acceptors (Lipinski definition) is 3. The van der Waals surface area contributed by atoms with Crippen LogP contribution in [-0.4, -0.2) is 44.7 Å². The van der Waals surface area contributed by atoms with E-state index in [0.717, 1.165) is 18.7 Å². The highest BCUT2D eigenvalue weighted by molar-refractivity contribution is 7.89. The Labute approximate surface area is 120 Å². The summed E-state index contributed by atoms with van der Waals surface area (Å²) in [6.07, 6.45) is 0.824. The molecule has 0 radical (unpaired) electrons. The smallest absolute Gasteiger partial charge is 0.213 e. The Morgan fingerprint density at radius 3 is 2.58 bits per heavy atom. The Morgan fingerprint density at radius 1 is 1.16 bits per heavy atom. The third-order valence-electron chi connectivity index (χ3n) is 3.41. The second-order valence-corrected chi connectivity index (χ2v) is 7.26. The van der Waals surface area contributed by atoms with Gasteiger partial charge in [0.25, 0.3) is 0 Å². The third-order valence-corrected chi connectivity index (χ3v) is 5.61. The lowest BCUT2D eigenvalue weighted by Gasteiger charge is -2.24. The summed E-state index contributed by atoms with van der Waals surface area (Å²) < 4.78 is 25.4. The van der Waals surface area contributed by atoms with Crippen LogP contribution in [0.2, 0.25) is 5.02 Å². The number of para-hydroxylation sites is 1. The molecule has 19 heavy (non-hydrogen) atoms. The molecule has 2 rings (SSSR count). The average molecular weight is 303 g/mol. The zero-order valence-electron chi connectivity index (χ0n) is 11.0. The number of hydrogen-bond donors (Lipinski definition) is 0. The molecule has 0 spiro atoms. The SMILES string of the molecule is CCS(=O)(=O)N1CCCN(c2ccccc2Cl)CC1. The van der Waals surface area contributed by atoms with Crippen LogP contribution in [0, 0.1) is 0 Å². The molecule has 1 saturated heterocycles. The van der Waals surface area contributed by atoms with E-state index in [1.165, 1.54) is 0 Å². The Bertz CT molecular complexity index is 533. The van der Waals surface area contributed by atoms with Gasteiger partial charge in [-0.3, -0.25) is 0 Å². The van der Waals surface area contributed by atoms with Gasteiger partial charge in [-0.15, -0.1) is 0 Å². The quantitative estimate of drug-likeness (QED) is 0.859. The van der Waals surface area contributed by atoms with E-state index in [0.29, 0.717) is 24.7 Å². The van der Waals surface area contributed by atoms with Gasteiger partial charge in [0.15, 0.2) is 0 Å². The molecule has 1 aromatic rings. The molecule has 1 aliphatic rings. The number of halogens is 1. The first-order chi connectivity index (χ1) is 9.04. The first-order valence-corrected chi connectivity index (χ1v) is 8.50. The molecule has 1 fully saturated rings. The zero-order valence-corrected chi connectivity index (χ0v) is 12.6. The minimum atomic E-state index is -3.09. The van der Waals surface area contributed by atoms with Crippen LogP contribution in [0.1, 0.15) is 13.3 Å². The Balaban J connectivity index is 2.11. The van der Waals surface area contributed by atoms with E-state index >= 15 is 0 Å². The summed E-state index contributed by atoms with van der Waals surface area (Å²) in [5.41, 5.74) is 0.986. The lowest BCUT2D eigenvalue weighted by atomic mass is 10.2. The molecular weight excluding hydrogens is 284 g/mol. The van der Waals surface area contributed by atoms with Gasteiger partial charge in [-0.25, -0.2) is 12.7 Å². The highest BCUT2D eigenvalue weighted by Crippen LogP contribution is 2.26. The molecule has 0 bridgehead atoms. The van der Waals surface area contributed by atoms with Gasteiger partial charge in [-0.2, -0.15) is 0 Å². The standard InChI is InChI=1S/C13H19ClN2O2S/c1-2-19(17,18)16-9-5-8-15(10-11-16)13-7-4-3-6-12(13)14/h3-4,6-7H,2,5,8-11H2,1H3. The fourth-order valence-corrected chi connectivity index (χ4v) is 3.69. The van der Waals surface area contributed by atoms with E-state index in [2.05, 4.69) is 4.90 Å². The predicted octanol–water partition coefficient (Wildman–Crippen LogP) is 2.20. The summed E-state index contributed by atoms with van der Waals surface area (Å²) in [4.78, 5) is 2.16. The minimum absolute atomic E-state index is 0.166. The molecule has 1 aromatic carbocycles. The van der Waals surface area contributed by atoms with Crippen LogP contribution < -0.4 is 4.90 Å². The first kappa shape index (κ1) is 14.6. The Kier molecular flexibility index (Phi) is 4.71. The van der Waals surface area contributed by atoms with Crippen LogP contribution in [0.3, 0.4) is 0 Å². The first-order valence-electron chi connectivity index (χ1n) is 6.52. The molecule has 1 heterocycles. The van der Waals surface area contributed by atoms with E-state index in [9.17, 15) is 8.42 Å². The number of nitrogens with zero attached hydrogens (tertiary/aromatic N) is 2. The van der Waals surface area contributed by atoms with Gasteiger partial charge in [0, 0.05) is 26.2 Å². The topological polar surface area (TPSA) is 40.6 Å². The third kappa shape index (κ3) is 3.41. The molecule has 1 aliphatic heterocycles. The van der Waals surface area contributed by atoms with E-state index in [4.69, 9.17) is 11.6 Å². The fourth-order valence-electron chi connectivity index (χ4n) is 2.30. The fraction of sp³-hybridized carbons (Fsp3) is 0.538. The van der Waals surface area contributed by atoms with E-state index in [-0.39, 0.29) is 5.75 Å². The van der Waals surface area contributed by atoms with Crippen molar-refractivity contribution in [1.29, 1.82) is 0 Å². The van der Waals surface area contributed by atoms with Gasteiger partial charge in [-0.05, 0) is 25.5 Å². The maximum atomic E-state index is 11.9. The van der Waals surface area contributed by atoms with Crippen LogP contribution in [0.5, 0.6) is 0 Å². The summed E-state index contributed by atoms with van der Waals surface area (Å²) in [5.74, 6) is 0.166. The largest absolute Gasteiger partial charge is 0.369 e. The van der Waals surface area contributed by atoms with Gasteiger partial charge in [0.2, 0.25) is 10.0 Å². The molecule has 0 aromatic heterocycles. The minimum Gasteiger partial charge on any atom is -0.369 e. The van der Waals surface area contributed by atoms with Crippen molar-refractivity contribution in [1.82, 2.24) is 4.31 Å². The van der Waals surface area contributed by atoms with Crippen molar-refractivity contribution in [2.45, 2.75) is 13.3 Å². The Hall–Kier alpha value is -0.780. The van der Waals surface area contributed by atoms with Gasteiger partial charge >= 0.3 is 0 Å². The van der Waals surface area contributed by atoms with Crippen molar-refractivity contribution in [2.24, 2.45) is 0 Å². The summed E-state index contributed by atoms with van der Waals surface area (Å²) in [7, 11) is -3.09. The van der Waals surface area contributed by atoms with Crippen LogP contribution in [0.15, 0.2) is 24.3 Å². The lowest BCUT2D eigenvalue weighted by Crippen LogP contribution is -2.36. The average Bonchev–Trinajstić information content (AvgIpc) is 2.65. The maximum absolute atomic E-state index is 11.9. The van der Waals surface area contributed by atoms with Crippen molar-refractivity contribution in [3.8, 4) is 0 Å². The normalized spacial score (nSPS) is 18.3. The van der Waals surface area contributed by atoms with E-state index in [1.807, 2.05) is 24.3 Å². The zero-order chi connectivity index (χ0) is 13.9. The van der Waals surface area contributed by atoms with Crippen molar-refractivity contribution >= 4 is 27.3 Å². The monoisotopic (exact) mass is 302 g/mol. The van der Waals surface area contributed by atoms with Gasteiger partial charge in [0.1, 0.15) is 0 Å². The summed E-state index contributed by atoms with van der Waals surface area (Å²) in [6, 6.07) is 7.69. The molecule has 4 nitrogen and oxygen atoms in total. The van der Waals surface area contributed by atoms with Gasteiger partial charge in [-0.1, -0.05) is 23.7 Å². The van der Waals surface area contributed by atoms with E-state index < -0.39 is 10.0 Å². The molecule has 0 N–H and O–H groups in total. The molecule has 0 aliphatic carbocycles. The molecule has 106 valence electrons. The van der Waals surface area contributed by atoms with Crippen LogP contribution >= 0.6 is 11.6 Å². The molecule has 0 unspecified atom stereocenters. The van der Waals surface area contributed by atoms with E-state index in [1.54, 1.807) is 11.2 Å². The number of anilines is 1. The maximum Gasteiger partial charge on any atom is 0.213 e. The molecule has 0 amide bonds. The van der Waals surface area contributed by atoms with Crippen molar-refractivity contribution in [2.75, 3.05) is 36.8 Å².